The fourth-order valence-electron chi connectivity index (χ4n) is 3.69. The molecule has 1 amide bonds. The van der Waals surface area contributed by atoms with E-state index in [1.54, 1.807) is 0 Å². The van der Waals surface area contributed by atoms with Crippen LogP contribution in [0.1, 0.15) is 37.7 Å². The summed E-state index contributed by atoms with van der Waals surface area (Å²) in [5.41, 5.74) is 0.913. The lowest BCUT2D eigenvalue weighted by atomic mass is 9.82. The number of hydrogen-bond donors (Lipinski definition) is 2. The van der Waals surface area contributed by atoms with Crippen molar-refractivity contribution in [2.45, 2.75) is 44.8 Å². The summed E-state index contributed by atoms with van der Waals surface area (Å²) in [6.07, 6.45) is 3.89. The zero-order chi connectivity index (χ0) is 16.2. The normalized spacial score (nSPS) is 26.7. The molecule has 124 valence electrons. The Morgan fingerprint density at radius 3 is 2.65 bits per heavy atom. The van der Waals surface area contributed by atoms with E-state index in [4.69, 9.17) is 9.84 Å². The summed E-state index contributed by atoms with van der Waals surface area (Å²) in [4.78, 5) is 23.1. The molecule has 4 atom stereocenters. The second-order valence-corrected chi connectivity index (χ2v) is 6.74. The van der Waals surface area contributed by atoms with Crippen LogP contribution >= 0.6 is 0 Å². The predicted octanol–water partition coefficient (Wildman–Crippen LogP) is 3.19. The van der Waals surface area contributed by atoms with E-state index in [0.717, 1.165) is 36.7 Å². The van der Waals surface area contributed by atoms with Gasteiger partial charge in [-0.15, -0.1) is 0 Å². The highest BCUT2D eigenvalue weighted by molar-refractivity contribution is 5.71. The Hall–Kier alpha value is -2.04. The topological polar surface area (TPSA) is 75.6 Å². The van der Waals surface area contributed by atoms with Crippen LogP contribution in [0.15, 0.2) is 30.3 Å². The van der Waals surface area contributed by atoms with Crippen LogP contribution in [0.4, 0.5) is 4.79 Å². The molecule has 4 unspecified atom stereocenters. The lowest BCUT2D eigenvalue weighted by Crippen LogP contribution is -2.43. The first kappa shape index (κ1) is 15.8. The van der Waals surface area contributed by atoms with E-state index in [-0.39, 0.29) is 25.0 Å². The van der Waals surface area contributed by atoms with Crippen LogP contribution in [0.3, 0.4) is 0 Å². The third-order valence-electron chi connectivity index (χ3n) is 5.06. The minimum Gasteiger partial charge on any atom is -0.481 e. The number of benzene rings is 1. The number of carboxylic acid groups (broad SMARTS) is 1. The van der Waals surface area contributed by atoms with Gasteiger partial charge in [-0.05, 0) is 49.0 Å². The molecule has 5 heteroatoms. The van der Waals surface area contributed by atoms with Gasteiger partial charge in [0.25, 0.3) is 0 Å². The van der Waals surface area contributed by atoms with Crippen LogP contribution in [0.25, 0.3) is 0 Å². The minimum atomic E-state index is -0.878. The fourth-order valence-corrected chi connectivity index (χ4v) is 3.69. The number of hydrogen-bond acceptors (Lipinski definition) is 3. The lowest BCUT2D eigenvalue weighted by Gasteiger charge is -2.29. The molecule has 0 bridgehead atoms. The lowest BCUT2D eigenvalue weighted by molar-refractivity contribution is -0.137. The molecule has 5 nitrogen and oxygen atoms in total. The molecule has 3 rings (SSSR count). The number of fused-ring (bicyclic) bond motifs is 1. The Morgan fingerprint density at radius 2 is 1.96 bits per heavy atom. The van der Waals surface area contributed by atoms with Crippen LogP contribution in [-0.4, -0.2) is 23.2 Å². The van der Waals surface area contributed by atoms with Gasteiger partial charge in [-0.25, -0.2) is 4.79 Å². The molecule has 2 fully saturated rings. The van der Waals surface area contributed by atoms with Crippen LogP contribution in [0.2, 0.25) is 0 Å². The molecule has 2 N–H and O–H groups in total. The maximum atomic E-state index is 12.0. The molecular formula is C18H23NO4. The van der Waals surface area contributed by atoms with Gasteiger partial charge >= 0.3 is 12.1 Å². The Bertz CT molecular complexity index is 559. The van der Waals surface area contributed by atoms with E-state index in [2.05, 4.69) is 5.32 Å². The molecule has 2 saturated carbocycles. The smallest absolute Gasteiger partial charge is 0.407 e. The number of alkyl carbamates (subject to hydrolysis) is 1. The Morgan fingerprint density at radius 1 is 1.17 bits per heavy atom. The molecule has 2 aliphatic rings. The van der Waals surface area contributed by atoms with E-state index >= 15 is 0 Å². The standard InChI is InChI=1S/C18H23NO4/c20-17(21)10-16(14-7-6-13-8-15(13)9-14)19-18(22)23-11-12-4-2-1-3-5-12/h1-5,13-16H,6-11H2,(H,19,22)(H,20,21). The van der Waals surface area contributed by atoms with Gasteiger partial charge in [0.2, 0.25) is 0 Å². The third-order valence-corrected chi connectivity index (χ3v) is 5.06. The summed E-state index contributed by atoms with van der Waals surface area (Å²) < 4.78 is 5.23. The van der Waals surface area contributed by atoms with Crippen molar-refractivity contribution < 1.29 is 19.4 Å². The molecule has 2 aliphatic carbocycles. The third kappa shape index (κ3) is 4.47. The van der Waals surface area contributed by atoms with E-state index in [0.29, 0.717) is 0 Å². The summed E-state index contributed by atoms with van der Waals surface area (Å²) >= 11 is 0. The number of nitrogens with one attached hydrogen (secondary N) is 1. The number of aliphatic carboxylic acids is 1. The highest BCUT2D eigenvalue weighted by Crippen LogP contribution is 2.52. The van der Waals surface area contributed by atoms with Crippen LogP contribution in [0, 0.1) is 17.8 Å². The van der Waals surface area contributed by atoms with Gasteiger partial charge in [0.15, 0.2) is 0 Å². The van der Waals surface area contributed by atoms with Crippen molar-refractivity contribution in [1.29, 1.82) is 0 Å². The van der Waals surface area contributed by atoms with Crippen molar-refractivity contribution >= 4 is 12.1 Å². The SMILES string of the molecule is O=C(O)CC(NC(=O)OCc1ccccc1)C1CCC2CC2C1. The average Bonchev–Trinajstić information content (AvgIpc) is 3.31. The minimum absolute atomic E-state index is 0.0392. The van der Waals surface area contributed by atoms with Crippen LogP contribution < -0.4 is 5.32 Å². The number of carbonyl (C=O) groups excluding carboxylic acids is 1. The molecule has 0 spiro atoms. The molecular weight excluding hydrogens is 294 g/mol. The molecule has 1 aromatic rings. The van der Waals surface area contributed by atoms with Crippen LogP contribution in [0.5, 0.6) is 0 Å². The van der Waals surface area contributed by atoms with Gasteiger partial charge in [0.05, 0.1) is 6.42 Å². The van der Waals surface area contributed by atoms with Crippen molar-refractivity contribution in [3.05, 3.63) is 35.9 Å². The van der Waals surface area contributed by atoms with E-state index in [1.807, 2.05) is 30.3 Å². The zero-order valence-electron chi connectivity index (χ0n) is 13.1. The first-order valence-electron chi connectivity index (χ1n) is 8.31. The first-order chi connectivity index (χ1) is 11.1. The van der Waals surface area contributed by atoms with Crippen molar-refractivity contribution in [2.75, 3.05) is 0 Å². The number of carboxylic acids is 1. The molecule has 0 radical (unpaired) electrons. The van der Waals surface area contributed by atoms with Crippen molar-refractivity contribution in [2.24, 2.45) is 17.8 Å². The van der Waals surface area contributed by atoms with Gasteiger partial charge < -0.3 is 15.2 Å². The van der Waals surface area contributed by atoms with Crippen molar-refractivity contribution in [3.8, 4) is 0 Å². The quantitative estimate of drug-likeness (QED) is 0.845. The molecule has 0 aromatic heterocycles. The molecule has 0 aliphatic heterocycles. The number of carbonyl (C=O) groups is 2. The Kier molecular flexibility index (Phi) is 4.84. The van der Waals surface area contributed by atoms with Gasteiger partial charge in [-0.1, -0.05) is 30.3 Å². The summed E-state index contributed by atoms with van der Waals surface area (Å²) in [5.74, 6) is 0.962. The first-order valence-corrected chi connectivity index (χ1v) is 8.31. The average molecular weight is 317 g/mol. The summed E-state index contributed by atoms with van der Waals surface area (Å²) in [7, 11) is 0. The Balaban J connectivity index is 1.52. The van der Waals surface area contributed by atoms with Gasteiger partial charge in [-0.2, -0.15) is 0 Å². The second kappa shape index (κ2) is 7.02. The van der Waals surface area contributed by atoms with Gasteiger partial charge in [-0.3, -0.25) is 4.79 Å². The summed E-state index contributed by atoms with van der Waals surface area (Å²) in [5, 5.41) is 11.9. The number of ether oxygens (including phenoxy) is 1. The van der Waals surface area contributed by atoms with Crippen LogP contribution in [-0.2, 0) is 16.1 Å². The largest absolute Gasteiger partial charge is 0.481 e. The van der Waals surface area contributed by atoms with E-state index in [1.165, 1.54) is 6.42 Å². The summed E-state index contributed by atoms with van der Waals surface area (Å²) in [6.45, 7) is 0.196. The van der Waals surface area contributed by atoms with Crippen molar-refractivity contribution in [1.82, 2.24) is 5.32 Å². The highest BCUT2D eigenvalue weighted by Gasteiger charge is 2.44. The van der Waals surface area contributed by atoms with Gasteiger partial charge in [0.1, 0.15) is 6.61 Å². The second-order valence-electron chi connectivity index (χ2n) is 6.74. The fraction of sp³-hybridized carbons (Fsp3) is 0.556. The molecule has 23 heavy (non-hydrogen) atoms. The maximum absolute atomic E-state index is 12.0. The van der Waals surface area contributed by atoms with E-state index in [9.17, 15) is 9.59 Å². The molecule has 0 heterocycles. The molecule has 0 saturated heterocycles. The highest BCUT2D eigenvalue weighted by atomic mass is 16.5. The maximum Gasteiger partial charge on any atom is 0.407 e. The van der Waals surface area contributed by atoms with Crippen molar-refractivity contribution in [3.63, 3.8) is 0 Å². The number of amides is 1. The van der Waals surface area contributed by atoms with E-state index < -0.39 is 12.1 Å². The number of rotatable bonds is 6. The monoisotopic (exact) mass is 317 g/mol. The molecule has 1 aromatic carbocycles. The summed E-state index contributed by atoms with van der Waals surface area (Å²) in [6, 6.07) is 9.11. The van der Waals surface area contributed by atoms with Gasteiger partial charge in [0, 0.05) is 6.04 Å². The predicted molar refractivity (Wildman–Crippen MR) is 84.7 cm³/mol. The Labute approximate surface area is 136 Å². The zero-order valence-corrected chi connectivity index (χ0v) is 13.1.